The van der Waals surface area contributed by atoms with E-state index in [1.165, 1.54) is 7.11 Å². The van der Waals surface area contributed by atoms with Gasteiger partial charge < -0.3 is 15.2 Å². The van der Waals surface area contributed by atoms with Crippen LogP contribution in [0.5, 0.6) is 0 Å². The molecule has 1 unspecified atom stereocenters. The Labute approximate surface area is 118 Å². The number of carboxylic acid groups (broad SMARTS) is 1. The van der Waals surface area contributed by atoms with Crippen LogP contribution < -0.4 is 5.32 Å². The van der Waals surface area contributed by atoms with Gasteiger partial charge in [0.15, 0.2) is 6.10 Å². The minimum Gasteiger partial charge on any atom is -0.479 e. The summed E-state index contributed by atoms with van der Waals surface area (Å²) in [5.74, 6) is -1.15. The number of anilines is 1. The van der Waals surface area contributed by atoms with Crippen LogP contribution >= 0.6 is 23.2 Å². The number of nitro groups is 1. The van der Waals surface area contributed by atoms with Gasteiger partial charge in [0.05, 0.1) is 27.2 Å². The predicted octanol–water partition coefficient (Wildman–Crippen LogP) is 2.41. The number of carbonyl (C=O) groups is 1. The molecule has 2 N–H and O–H groups in total. The number of nitrogens with zero attached hydrogens (tertiary/aromatic N) is 1. The Balaban J connectivity index is 2.90. The Morgan fingerprint density at radius 3 is 2.42 bits per heavy atom. The number of hydrogen-bond donors (Lipinski definition) is 2. The van der Waals surface area contributed by atoms with Crippen molar-refractivity contribution < 1.29 is 19.6 Å². The average molecular weight is 309 g/mol. The van der Waals surface area contributed by atoms with Crippen molar-refractivity contribution in [1.82, 2.24) is 0 Å². The lowest BCUT2D eigenvalue weighted by atomic mass is 10.2. The van der Waals surface area contributed by atoms with Gasteiger partial charge in [0, 0.05) is 19.2 Å². The van der Waals surface area contributed by atoms with Crippen molar-refractivity contribution in [3.8, 4) is 0 Å². The van der Waals surface area contributed by atoms with Crippen LogP contribution in [-0.4, -0.2) is 35.8 Å². The van der Waals surface area contributed by atoms with Gasteiger partial charge >= 0.3 is 5.97 Å². The van der Waals surface area contributed by atoms with E-state index in [1.807, 2.05) is 0 Å². The highest BCUT2D eigenvalue weighted by Gasteiger charge is 2.19. The van der Waals surface area contributed by atoms with Gasteiger partial charge in [0.2, 0.25) is 0 Å². The molecule has 9 heteroatoms. The predicted molar refractivity (Wildman–Crippen MR) is 70.0 cm³/mol. The van der Waals surface area contributed by atoms with Crippen molar-refractivity contribution in [2.45, 2.75) is 6.10 Å². The number of non-ortho nitro benzene ring substituents is 1. The standard InChI is InChI=1S/C10H10Cl2N2O5/c1-19-8(10(15)16)4-13-9-6(11)2-5(14(17)18)3-7(9)12/h2-3,8,13H,4H2,1H3,(H,15,16). The smallest absolute Gasteiger partial charge is 0.334 e. The van der Waals surface area contributed by atoms with Crippen molar-refractivity contribution in [2.24, 2.45) is 0 Å². The summed E-state index contributed by atoms with van der Waals surface area (Å²) in [7, 11) is 1.25. The van der Waals surface area contributed by atoms with Crippen LogP contribution in [0, 0.1) is 10.1 Å². The van der Waals surface area contributed by atoms with Gasteiger partial charge in [0.1, 0.15) is 0 Å². The number of ether oxygens (including phenoxy) is 1. The fraction of sp³-hybridized carbons (Fsp3) is 0.300. The molecule has 0 aliphatic rings. The van der Waals surface area contributed by atoms with Crippen LogP contribution in [0.1, 0.15) is 0 Å². The molecule has 0 spiro atoms. The van der Waals surface area contributed by atoms with E-state index in [0.29, 0.717) is 0 Å². The van der Waals surface area contributed by atoms with Crippen molar-refractivity contribution in [3.05, 3.63) is 32.3 Å². The number of rotatable bonds is 6. The summed E-state index contributed by atoms with van der Waals surface area (Å²) in [4.78, 5) is 20.7. The Kier molecular flexibility index (Phi) is 5.34. The number of aliphatic carboxylic acids is 1. The highest BCUT2D eigenvalue weighted by Crippen LogP contribution is 2.34. The lowest BCUT2D eigenvalue weighted by Crippen LogP contribution is -2.30. The van der Waals surface area contributed by atoms with Gasteiger partial charge in [-0.15, -0.1) is 0 Å². The second-order valence-electron chi connectivity index (χ2n) is 3.49. The molecule has 0 saturated carbocycles. The number of benzene rings is 1. The highest BCUT2D eigenvalue weighted by molar-refractivity contribution is 6.39. The Hall–Kier alpha value is -1.57. The first-order chi connectivity index (χ1) is 8.86. The molecule has 1 atom stereocenters. The third kappa shape index (κ3) is 3.95. The fourth-order valence-electron chi connectivity index (χ4n) is 1.30. The molecule has 0 aromatic heterocycles. The summed E-state index contributed by atoms with van der Waals surface area (Å²) in [6, 6.07) is 2.25. The van der Waals surface area contributed by atoms with Gasteiger partial charge in [-0.25, -0.2) is 4.79 Å². The number of nitrogens with one attached hydrogen (secondary N) is 1. The summed E-state index contributed by atoms with van der Waals surface area (Å²) in [6.45, 7) is -0.0803. The normalized spacial score (nSPS) is 11.9. The van der Waals surface area contributed by atoms with E-state index >= 15 is 0 Å². The van der Waals surface area contributed by atoms with Crippen molar-refractivity contribution in [2.75, 3.05) is 19.0 Å². The fourth-order valence-corrected chi connectivity index (χ4v) is 1.91. The summed E-state index contributed by atoms with van der Waals surface area (Å²) in [5.41, 5.74) is -0.0284. The first kappa shape index (κ1) is 15.5. The Morgan fingerprint density at radius 1 is 1.53 bits per heavy atom. The zero-order valence-corrected chi connectivity index (χ0v) is 11.2. The molecule has 0 fully saturated rings. The molecule has 0 radical (unpaired) electrons. The molecule has 104 valence electrons. The SMILES string of the molecule is COC(CNc1c(Cl)cc([N+](=O)[O-])cc1Cl)C(=O)O. The molecule has 7 nitrogen and oxygen atoms in total. The van der Waals surface area contributed by atoms with Crippen LogP contribution in [0.25, 0.3) is 0 Å². The number of nitro benzene ring substituents is 1. The zero-order valence-electron chi connectivity index (χ0n) is 9.72. The third-order valence-corrected chi connectivity index (χ3v) is 2.86. The molecule has 1 aromatic carbocycles. The Bertz CT molecular complexity index is 486. The topological polar surface area (TPSA) is 102 Å². The van der Waals surface area contributed by atoms with Gasteiger partial charge in [0.25, 0.3) is 5.69 Å². The van der Waals surface area contributed by atoms with Crippen molar-refractivity contribution >= 4 is 40.5 Å². The quantitative estimate of drug-likeness (QED) is 0.618. The molecule has 0 aliphatic carbocycles. The van der Waals surface area contributed by atoms with Crippen molar-refractivity contribution in [1.29, 1.82) is 0 Å². The maximum Gasteiger partial charge on any atom is 0.334 e. The second-order valence-corrected chi connectivity index (χ2v) is 4.30. The van der Waals surface area contributed by atoms with E-state index in [1.54, 1.807) is 0 Å². The lowest BCUT2D eigenvalue weighted by Gasteiger charge is -2.14. The van der Waals surface area contributed by atoms with Crippen LogP contribution in [-0.2, 0) is 9.53 Å². The summed E-state index contributed by atoms with van der Waals surface area (Å²) in [5, 5.41) is 22.1. The summed E-state index contributed by atoms with van der Waals surface area (Å²) < 4.78 is 4.72. The van der Waals surface area contributed by atoms with Gasteiger partial charge in [-0.2, -0.15) is 0 Å². The lowest BCUT2D eigenvalue weighted by molar-refractivity contribution is -0.384. The largest absolute Gasteiger partial charge is 0.479 e. The third-order valence-electron chi connectivity index (χ3n) is 2.26. The zero-order chi connectivity index (χ0) is 14.6. The monoisotopic (exact) mass is 308 g/mol. The van der Waals surface area contributed by atoms with E-state index in [-0.39, 0.29) is 28.0 Å². The minimum atomic E-state index is -1.15. The number of halogens is 2. The van der Waals surface area contributed by atoms with E-state index < -0.39 is 17.0 Å². The first-order valence-corrected chi connectivity index (χ1v) is 5.75. The molecule has 0 heterocycles. The molecular weight excluding hydrogens is 299 g/mol. The first-order valence-electron chi connectivity index (χ1n) is 4.99. The van der Waals surface area contributed by atoms with Crippen LogP contribution in [0.15, 0.2) is 12.1 Å². The molecule has 19 heavy (non-hydrogen) atoms. The maximum absolute atomic E-state index is 10.7. The van der Waals surface area contributed by atoms with Crippen LogP contribution in [0.2, 0.25) is 10.0 Å². The second kappa shape index (κ2) is 6.55. The van der Waals surface area contributed by atoms with Gasteiger partial charge in [-0.05, 0) is 0 Å². The molecule has 1 rings (SSSR count). The van der Waals surface area contributed by atoms with Crippen molar-refractivity contribution in [3.63, 3.8) is 0 Å². The molecule has 0 bridgehead atoms. The maximum atomic E-state index is 10.7. The van der Waals surface area contributed by atoms with E-state index in [2.05, 4.69) is 5.32 Å². The molecular formula is C10H10Cl2N2O5. The summed E-state index contributed by atoms with van der Waals surface area (Å²) in [6.07, 6.45) is -1.08. The average Bonchev–Trinajstić information content (AvgIpc) is 2.31. The minimum absolute atomic E-state index is 0.0273. The number of methoxy groups -OCH3 is 1. The summed E-state index contributed by atoms with van der Waals surface area (Å²) >= 11 is 11.7. The van der Waals surface area contributed by atoms with E-state index in [9.17, 15) is 14.9 Å². The van der Waals surface area contributed by atoms with Crippen LogP contribution in [0.3, 0.4) is 0 Å². The van der Waals surface area contributed by atoms with Gasteiger partial charge in [-0.3, -0.25) is 10.1 Å². The highest BCUT2D eigenvalue weighted by atomic mass is 35.5. The molecule has 0 amide bonds. The Morgan fingerprint density at radius 2 is 2.05 bits per heavy atom. The van der Waals surface area contributed by atoms with Gasteiger partial charge in [-0.1, -0.05) is 23.2 Å². The van der Waals surface area contributed by atoms with E-state index in [4.69, 9.17) is 33.0 Å². The molecule has 1 aromatic rings. The molecule has 0 saturated heterocycles. The molecule has 0 aliphatic heterocycles. The van der Waals surface area contributed by atoms with E-state index in [0.717, 1.165) is 12.1 Å². The number of carboxylic acids is 1. The number of hydrogen-bond acceptors (Lipinski definition) is 5. The van der Waals surface area contributed by atoms with Crippen LogP contribution in [0.4, 0.5) is 11.4 Å².